The van der Waals surface area contributed by atoms with E-state index in [0.717, 1.165) is 49.3 Å². The summed E-state index contributed by atoms with van der Waals surface area (Å²) in [7, 11) is 0. The largest absolute Gasteiger partial charge is 0.341 e. The minimum Gasteiger partial charge on any atom is -0.341 e. The normalized spacial score (nSPS) is 15.6. The molecule has 2 aromatic rings. The van der Waals surface area contributed by atoms with Crippen LogP contribution in [0.15, 0.2) is 18.3 Å². The fraction of sp³-hybridized carbons (Fsp3) is 0.529. The first-order chi connectivity index (χ1) is 11.2. The molecule has 0 aromatic carbocycles. The van der Waals surface area contributed by atoms with Gasteiger partial charge in [0, 0.05) is 19.2 Å². The van der Waals surface area contributed by atoms with Gasteiger partial charge in [0.25, 0.3) is 5.91 Å². The molecule has 1 aliphatic heterocycles. The fourth-order valence-electron chi connectivity index (χ4n) is 2.95. The molecule has 3 rings (SSSR count). The highest BCUT2D eigenvalue weighted by molar-refractivity contribution is 5.91. The van der Waals surface area contributed by atoms with Crippen LogP contribution in [0.2, 0.25) is 0 Å². The Morgan fingerprint density at radius 3 is 2.91 bits per heavy atom. The molecule has 1 atom stereocenters. The SMILES string of the molecule is CC[C@@H](NC(=O)c1nnc2n1CCCCC2)c1ccc(C)cn1. The van der Waals surface area contributed by atoms with Crippen molar-refractivity contribution in [1.29, 1.82) is 0 Å². The van der Waals surface area contributed by atoms with Crippen LogP contribution in [0.4, 0.5) is 0 Å². The highest BCUT2D eigenvalue weighted by Gasteiger charge is 2.22. The lowest BCUT2D eigenvalue weighted by atomic mass is 10.1. The molecule has 3 heterocycles. The van der Waals surface area contributed by atoms with E-state index < -0.39 is 0 Å². The standard InChI is InChI=1S/C17H23N5O/c1-3-13(14-9-8-12(2)11-18-14)19-17(23)16-21-20-15-7-5-4-6-10-22(15)16/h8-9,11,13H,3-7,10H2,1-2H3,(H,19,23)/t13-/m1/s1. The maximum Gasteiger partial charge on any atom is 0.289 e. The van der Waals surface area contributed by atoms with E-state index in [0.29, 0.717) is 5.82 Å². The molecule has 6 heteroatoms. The molecule has 6 nitrogen and oxygen atoms in total. The number of fused-ring (bicyclic) bond motifs is 1. The highest BCUT2D eigenvalue weighted by Crippen LogP contribution is 2.17. The number of aryl methyl sites for hydroxylation is 2. The first-order valence-corrected chi connectivity index (χ1v) is 8.34. The third kappa shape index (κ3) is 3.41. The van der Waals surface area contributed by atoms with Crippen LogP contribution in [0, 0.1) is 6.92 Å². The Kier molecular flexibility index (Phi) is 4.69. The van der Waals surface area contributed by atoms with Crippen molar-refractivity contribution in [1.82, 2.24) is 25.1 Å². The van der Waals surface area contributed by atoms with Crippen LogP contribution in [0.25, 0.3) is 0 Å². The summed E-state index contributed by atoms with van der Waals surface area (Å²) < 4.78 is 1.97. The Hall–Kier alpha value is -2.24. The third-order valence-corrected chi connectivity index (χ3v) is 4.32. The molecule has 0 fully saturated rings. The van der Waals surface area contributed by atoms with Crippen LogP contribution in [-0.4, -0.2) is 25.7 Å². The Labute approximate surface area is 136 Å². The van der Waals surface area contributed by atoms with Crippen LogP contribution < -0.4 is 5.32 Å². The number of nitrogens with one attached hydrogen (secondary N) is 1. The monoisotopic (exact) mass is 313 g/mol. The summed E-state index contributed by atoms with van der Waals surface area (Å²) in [6.07, 6.45) is 6.87. The van der Waals surface area contributed by atoms with Crippen molar-refractivity contribution in [3.05, 3.63) is 41.2 Å². The molecule has 0 aliphatic carbocycles. The summed E-state index contributed by atoms with van der Waals surface area (Å²) in [5.74, 6) is 1.18. The number of pyridine rings is 1. The highest BCUT2D eigenvalue weighted by atomic mass is 16.2. The number of hydrogen-bond donors (Lipinski definition) is 1. The van der Waals surface area contributed by atoms with Crippen molar-refractivity contribution in [3.8, 4) is 0 Å². The number of carbonyl (C=O) groups excluding carboxylic acids is 1. The van der Waals surface area contributed by atoms with E-state index in [4.69, 9.17) is 0 Å². The quantitative estimate of drug-likeness (QED) is 0.941. The first kappa shape index (κ1) is 15.6. The van der Waals surface area contributed by atoms with Gasteiger partial charge < -0.3 is 9.88 Å². The molecule has 1 aliphatic rings. The van der Waals surface area contributed by atoms with Gasteiger partial charge in [-0.1, -0.05) is 19.4 Å². The fourth-order valence-corrected chi connectivity index (χ4v) is 2.95. The van der Waals surface area contributed by atoms with Gasteiger partial charge in [0.05, 0.1) is 11.7 Å². The minimum absolute atomic E-state index is 0.109. The van der Waals surface area contributed by atoms with Gasteiger partial charge in [-0.05, 0) is 37.8 Å². The zero-order valence-electron chi connectivity index (χ0n) is 13.7. The number of hydrogen-bond acceptors (Lipinski definition) is 4. The second-order valence-corrected chi connectivity index (χ2v) is 6.10. The number of carbonyl (C=O) groups is 1. The lowest BCUT2D eigenvalue weighted by Gasteiger charge is -2.16. The number of nitrogens with zero attached hydrogens (tertiary/aromatic N) is 4. The smallest absolute Gasteiger partial charge is 0.289 e. The van der Waals surface area contributed by atoms with Crippen molar-refractivity contribution in [2.45, 2.75) is 58.5 Å². The molecule has 0 saturated carbocycles. The van der Waals surface area contributed by atoms with Crippen molar-refractivity contribution < 1.29 is 4.79 Å². The predicted molar refractivity (Wildman–Crippen MR) is 87.0 cm³/mol. The molecule has 0 unspecified atom stereocenters. The molecule has 23 heavy (non-hydrogen) atoms. The van der Waals surface area contributed by atoms with Gasteiger partial charge in [0.15, 0.2) is 0 Å². The molecule has 0 radical (unpaired) electrons. The second kappa shape index (κ2) is 6.89. The second-order valence-electron chi connectivity index (χ2n) is 6.10. The van der Waals surface area contributed by atoms with Crippen molar-refractivity contribution >= 4 is 5.91 Å². The Balaban J connectivity index is 1.78. The van der Waals surface area contributed by atoms with Gasteiger partial charge in [-0.15, -0.1) is 10.2 Å². The molecular weight excluding hydrogens is 290 g/mol. The van der Waals surface area contributed by atoms with Crippen LogP contribution in [0.3, 0.4) is 0 Å². The summed E-state index contributed by atoms with van der Waals surface area (Å²) in [6, 6.07) is 3.87. The average Bonchev–Trinajstić information content (AvgIpc) is 2.82. The predicted octanol–water partition coefficient (Wildman–Crippen LogP) is 2.59. The summed E-state index contributed by atoms with van der Waals surface area (Å²) in [4.78, 5) is 17.1. The van der Waals surface area contributed by atoms with Crippen molar-refractivity contribution in [2.75, 3.05) is 0 Å². The Morgan fingerprint density at radius 2 is 2.17 bits per heavy atom. The van der Waals surface area contributed by atoms with E-state index in [-0.39, 0.29) is 11.9 Å². The molecular formula is C17H23N5O. The minimum atomic E-state index is -0.167. The number of aromatic nitrogens is 4. The van der Waals surface area contributed by atoms with Crippen LogP contribution in [0.1, 0.15) is 66.3 Å². The summed E-state index contributed by atoms with van der Waals surface area (Å²) in [6.45, 7) is 4.86. The molecule has 0 spiro atoms. The number of amides is 1. The van der Waals surface area contributed by atoms with Crippen LogP contribution >= 0.6 is 0 Å². The lowest BCUT2D eigenvalue weighted by molar-refractivity contribution is 0.0919. The van der Waals surface area contributed by atoms with E-state index in [2.05, 4.69) is 20.5 Å². The molecule has 122 valence electrons. The summed E-state index contributed by atoms with van der Waals surface area (Å²) in [5.41, 5.74) is 1.99. The van der Waals surface area contributed by atoms with Crippen LogP contribution in [0.5, 0.6) is 0 Å². The zero-order chi connectivity index (χ0) is 16.2. The average molecular weight is 313 g/mol. The van der Waals surface area contributed by atoms with E-state index in [1.807, 2.05) is 36.7 Å². The van der Waals surface area contributed by atoms with Gasteiger partial charge in [0.1, 0.15) is 5.82 Å². The topological polar surface area (TPSA) is 72.7 Å². The summed E-state index contributed by atoms with van der Waals surface area (Å²) >= 11 is 0. The maximum absolute atomic E-state index is 12.6. The van der Waals surface area contributed by atoms with Crippen LogP contribution in [-0.2, 0) is 13.0 Å². The number of rotatable bonds is 4. The molecule has 1 N–H and O–H groups in total. The van der Waals surface area contributed by atoms with Gasteiger partial charge in [-0.2, -0.15) is 0 Å². The van der Waals surface area contributed by atoms with Gasteiger partial charge in [0.2, 0.25) is 5.82 Å². The third-order valence-electron chi connectivity index (χ3n) is 4.32. The summed E-state index contributed by atoms with van der Waals surface area (Å²) in [5, 5.41) is 11.4. The van der Waals surface area contributed by atoms with E-state index in [9.17, 15) is 4.79 Å². The first-order valence-electron chi connectivity index (χ1n) is 8.34. The van der Waals surface area contributed by atoms with E-state index in [1.54, 1.807) is 0 Å². The molecule has 2 aromatic heterocycles. The lowest BCUT2D eigenvalue weighted by Crippen LogP contribution is -2.31. The van der Waals surface area contributed by atoms with Gasteiger partial charge in [-0.25, -0.2) is 0 Å². The Morgan fingerprint density at radius 1 is 1.30 bits per heavy atom. The molecule has 1 amide bonds. The van der Waals surface area contributed by atoms with Gasteiger partial charge in [-0.3, -0.25) is 9.78 Å². The van der Waals surface area contributed by atoms with Crippen molar-refractivity contribution in [3.63, 3.8) is 0 Å². The maximum atomic E-state index is 12.6. The van der Waals surface area contributed by atoms with Crippen molar-refractivity contribution in [2.24, 2.45) is 0 Å². The van der Waals surface area contributed by atoms with E-state index >= 15 is 0 Å². The molecule has 0 bridgehead atoms. The Bertz CT molecular complexity index is 677. The van der Waals surface area contributed by atoms with Gasteiger partial charge >= 0.3 is 0 Å². The zero-order valence-corrected chi connectivity index (χ0v) is 13.7. The van der Waals surface area contributed by atoms with E-state index in [1.165, 1.54) is 6.42 Å². The molecule has 0 saturated heterocycles.